The molecule has 2 heterocycles. The molecule has 82 valence electrons. The van der Waals surface area contributed by atoms with E-state index in [1.54, 1.807) is 13.2 Å². The monoisotopic (exact) mass is 219 g/mol. The first kappa shape index (κ1) is 10.1. The van der Waals surface area contributed by atoms with Crippen molar-refractivity contribution in [2.45, 2.75) is 0 Å². The number of hydrogen-bond donors (Lipinski definition) is 1. The summed E-state index contributed by atoms with van der Waals surface area (Å²) in [5.74, 6) is -0.257. The van der Waals surface area contributed by atoms with Gasteiger partial charge in [-0.1, -0.05) is 0 Å². The molecule has 16 heavy (non-hydrogen) atoms. The summed E-state index contributed by atoms with van der Waals surface area (Å²) in [5.41, 5.74) is 5.59. The topological polar surface area (TPSA) is 95.8 Å². The number of rotatable bonds is 3. The molecule has 0 saturated carbocycles. The Morgan fingerprint density at radius 1 is 1.50 bits per heavy atom. The maximum Gasteiger partial charge on any atom is 0.269 e. The van der Waals surface area contributed by atoms with Crippen LogP contribution in [0.2, 0.25) is 0 Å². The number of hydrogen-bond acceptors (Lipinski definition) is 4. The van der Waals surface area contributed by atoms with Gasteiger partial charge in [0.05, 0.1) is 5.56 Å². The third kappa shape index (κ3) is 1.58. The van der Waals surface area contributed by atoms with E-state index in [1.165, 1.54) is 21.6 Å². The first-order valence-corrected chi connectivity index (χ1v) is 4.46. The molecule has 2 N–H and O–H groups in total. The van der Waals surface area contributed by atoms with E-state index >= 15 is 0 Å². The van der Waals surface area contributed by atoms with Gasteiger partial charge in [0.1, 0.15) is 5.69 Å². The molecule has 7 nitrogen and oxygen atoms in total. The van der Waals surface area contributed by atoms with E-state index in [9.17, 15) is 9.59 Å². The molecule has 0 bridgehead atoms. The van der Waals surface area contributed by atoms with Crippen molar-refractivity contribution in [1.29, 1.82) is 0 Å². The second-order valence-corrected chi connectivity index (χ2v) is 3.21. The second-order valence-electron chi connectivity index (χ2n) is 3.21. The summed E-state index contributed by atoms with van der Waals surface area (Å²) in [5, 5.41) is 7.97. The number of aldehydes is 1. The average Bonchev–Trinajstić information content (AvgIpc) is 2.82. The van der Waals surface area contributed by atoms with E-state index in [-0.39, 0.29) is 5.69 Å². The minimum Gasteiger partial charge on any atom is -0.364 e. The van der Waals surface area contributed by atoms with Crippen molar-refractivity contribution < 1.29 is 9.59 Å². The van der Waals surface area contributed by atoms with E-state index < -0.39 is 5.91 Å². The Morgan fingerprint density at radius 3 is 2.81 bits per heavy atom. The molecule has 2 aromatic rings. The number of primary amides is 1. The second kappa shape index (κ2) is 3.61. The van der Waals surface area contributed by atoms with Crippen molar-refractivity contribution in [3.05, 3.63) is 29.7 Å². The van der Waals surface area contributed by atoms with E-state index in [4.69, 9.17) is 5.73 Å². The number of nitrogens with zero attached hydrogens (tertiary/aromatic N) is 4. The molecular formula is C9H9N5O2. The van der Waals surface area contributed by atoms with Gasteiger partial charge in [-0.25, -0.2) is 4.68 Å². The van der Waals surface area contributed by atoms with Crippen LogP contribution in [-0.4, -0.2) is 31.8 Å². The predicted octanol–water partition coefficient (Wildman–Crippen LogP) is -0.483. The van der Waals surface area contributed by atoms with Gasteiger partial charge in [-0.2, -0.15) is 10.2 Å². The zero-order valence-electron chi connectivity index (χ0n) is 8.49. The number of carbonyl (C=O) groups excluding carboxylic acids is 2. The van der Waals surface area contributed by atoms with Crippen molar-refractivity contribution in [3.8, 4) is 5.82 Å². The van der Waals surface area contributed by atoms with E-state index in [2.05, 4.69) is 10.2 Å². The normalized spacial score (nSPS) is 10.3. The summed E-state index contributed by atoms with van der Waals surface area (Å²) in [4.78, 5) is 21.6. The number of amides is 1. The van der Waals surface area contributed by atoms with Gasteiger partial charge in [0.15, 0.2) is 12.1 Å². The summed E-state index contributed by atoms with van der Waals surface area (Å²) in [7, 11) is 1.69. The van der Waals surface area contributed by atoms with Crippen molar-refractivity contribution in [2.24, 2.45) is 12.8 Å². The fourth-order valence-corrected chi connectivity index (χ4v) is 1.33. The van der Waals surface area contributed by atoms with Crippen molar-refractivity contribution in [2.75, 3.05) is 0 Å². The van der Waals surface area contributed by atoms with Crippen LogP contribution >= 0.6 is 0 Å². The zero-order valence-corrected chi connectivity index (χ0v) is 8.49. The van der Waals surface area contributed by atoms with Gasteiger partial charge >= 0.3 is 0 Å². The first-order valence-electron chi connectivity index (χ1n) is 4.46. The van der Waals surface area contributed by atoms with Crippen LogP contribution in [0.3, 0.4) is 0 Å². The lowest BCUT2D eigenvalue weighted by atomic mass is 10.4. The Balaban J connectivity index is 2.49. The van der Waals surface area contributed by atoms with Gasteiger partial charge < -0.3 is 5.73 Å². The summed E-state index contributed by atoms with van der Waals surface area (Å²) in [6, 6.07) is 1.46. The van der Waals surface area contributed by atoms with Gasteiger partial charge in [-0.15, -0.1) is 0 Å². The van der Waals surface area contributed by atoms with Gasteiger partial charge in [0.25, 0.3) is 5.91 Å². The van der Waals surface area contributed by atoms with Gasteiger partial charge in [0, 0.05) is 19.4 Å². The lowest BCUT2D eigenvalue weighted by Gasteiger charge is -1.95. The molecule has 7 heteroatoms. The lowest BCUT2D eigenvalue weighted by molar-refractivity contribution is 0.0995. The summed E-state index contributed by atoms with van der Waals surface area (Å²) < 4.78 is 2.83. The van der Waals surface area contributed by atoms with E-state index in [0.29, 0.717) is 17.7 Å². The van der Waals surface area contributed by atoms with Crippen LogP contribution in [0, 0.1) is 0 Å². The lowest BCUT2D eigenvalue weighted by Crippen LogP contribution is -2.12. The summed E-state index contributed by atoms with van der Waals surface area (Å²) in [6.45, 7) is 0. The minimum absolute atomic E-state index is 0.127. The molecule has 0 fully saturated rings. The van der Waals surface area contributed by atoms with Gasteiger partial charge in [-0.05, 0) is 6.07 Å². The molecule has 0 aliphatic carbocycles. The Morgan fingerprint density at radius 2 is 2.25 bits per heavy atom. The van der Waals surface area contributed by atoms with Crippen LogP contribution in [0.5, 0.6) is 0 Å². The summed E-state index contributed by atoms with van der Waals surface area (Å²) in [6.07, 6.45) is 3.76. The molecule has 1 amide bonds. The van der Waals surface area contributed by atoms with Crippen LogP contribution in [0.4, 0.5) is 0 Å². The SMILES string of the molecule is Cn1cc(C=O)c(-n2ccc(C(N)=O)n2)n1. The molecule has 0 aromatic carbocycles. The Bertz CT molecular complexity index is 554. The molecule has 0 radical (unpaired) electrons. The van der Waals surface area contributed by atoms with Crippen molar-refractivity contribution >= 4 is 12.2 Å². The van der Waals surface area contributed by atoms with E-state index in [1.807, 2.05) is 0 Å². The molecule has 0 atom stereocenters. The van der Waals surface area contributed by atoms with Crippen LogP contribution in [0.25, 0.3) is 5.82 Å². The molecule has 0 spiro atoms. The Kier molecular flexibility index (Phi) is 2.28. The fraction of sp³-hybridized carbons (Fsp3) is 0.111. The molecule has 2 aromatic heterocycles. The summed E-state index contributed by atoms with van der Waals surface area (Å²) >= 11 is 0. The highest BCUT2D eigenvalue weighted by Gasteiger charge is 2.12. The highest BCUT2D eigenvalue weighted by molar-refractivity contribution is 5.90. The molecular weight excluding hydrogens is 210 g/mol. The Labute approximate surface area is 90.5 Å². The highest BCUT2D eigenvalue weighted by atomic mass is 16.1. The third-order valence-corrected chi connectivity index (χ3v) is 2.02. The van der Waals surface area contributed by atoms with Crippen molar-refractivity contribution in [1.82, 2.24) is 19.6 Å². The predicted molar refractivity (Wildman–Crippen MR) is 54.2 cm³/mol. The van der Waals surface area contributed by atoms with Crippen molar-refractivity contribution in [3.63, 3.8) is 0 Å². The molecule has 0 aliphatic rings. The fourth-order valence-electron chi connectivity index (χ4n) is 1.33. The number of aryl methyl sites for hydroxylation is 1. The van der Waals surface area contributed by atoms with Gasteiger partial charge in [0.2, 0.25) is 0 Å². The minimum atomic E-state index is -0.623. The standard InChI is InChI=1S/C9H9N5O2/c1-13-4-6(5-15)9(12-13)14-3-2-7(11-14)8(10)16/h2-5H,1H3,(H2,10,16). The maximum atomic E-state index is 10.9. The number of aromatic nitrogens is 4. The zero-order chi connectivity index (χ0) is 11.7. The quantitative estimate of drug-likeness (QED) is 0.705. The molecule has 0 unspecified atom stereocenters. The van der Waals surface area contributed by atoms with Crippen LogP contribution in [0.1, 0.15) is 20.8 Å². The Hall–Kier alpha value is -2.44. The highest BCUT2D eigenvalue weighted by Crippen LogP contribution is 2.09. The van der Waals surface area contributed by atoms with Crippen LogP contribution < -0.4 is 5.73 Å². The van der Waals surface area contributed by atoms with Crippen LogP contribution in [0.15, 0.2) is 18.5 Å². The molecule has 0 saturated heterocycles. The first-order chi connectivity index (χ1) is 7.61. The number of carbonyl (C=O) groups is 2. The number of nitrogens with two attached hydrogens (primary N) is 1. The molecule has 0 aliphatic heterocycles. The maximum absolute atomic E-state index is 10.9. The molecule has 2 rings (SSSR count). The van der Waals surface area contributed by atoms with E-state index in [0.717, 1.165) is 0 Å². The third-order valence-electron chi connectivity index (χ3n) is 2.02. The smallest absolute Gasteiger partial charge is 0.269 e. The van der Waals surface area contributed by atoms with Gasteiger partial charge in [-0.3, -0.25) is 14.3 Å². The largest absolute Gasteiger partial charge is 0.364 e. The van der Waals surface area contributed by atoms with Crippen LogP contribution in [-0.2, 0) is 7.05 Å². The average molecular weight is 219 g/mol.